The first-order valence-corrected chi connectivity index (χ1v) is 10.8. The van der Waals surface area contributed by atoms with Gasteiger partial charge >= 0.3 is 0 Å². The number of benzene rings is 1. The lowest BCUT2D eigenvalue weighted by molar-refractivity contribution is 0.0134. The van der Waals surface area contributed by atoms with Gasteiger partial charge in [0.25, 0.3) is 0 Å². The number of likely N-dealkylation sites (tertiary alicyclic amines) is 1. The van der Waals surface area contributed by atoms with Gasteiger partial charge in [0.05, 0.1) is 12.2 Å². The molecule has 3 atom stereocenters. The van der Waals surface area contributed by atoms with Crippen LogP contribution < -0.4 is 4.74 Å². The minimum absolute atomic E-state index is 0.106. The summed E-state index contributed by atoms with van der Waals surface area (Å²) in [6.07, 6.45) is 2.82. The predicted octanol–water partition coefficient (Wildman–Crippen LogP) is 3.56. The minimum atomic E-state index is -0.969. The van der Waals surface area contributed by atoms with Crippen LogP contribution >= 0.6 is 0 Å². The topological polar surface area (TPSA) is 49.8 Å². The van der Waals surface area contributed by atoms with Gasteiger partial charge in [-0.15, -0.1) is 0 Å². The number of aliphatic hydroxyl groups is 1. The average Bonchev–Trinajstić information content (AvgIpc) is 2.87. The van der Waals surface area contributed by atoms with Gasteiger partial charge in [0.2, 0.25) is 0 Å². The molecule has 0 aromatic heterocycles. The van der Waals surface area contributed by atoms with Gasteiger partial charge in [-0.05, 0) is 50.1 Å². The zero-order valence-electron chi connectivity index (χ0n) is 16.6. The van der Waals surface area contributed by atoms with E-state index in [1.807, 2.05) is 45.0 Å². The number of rotatable bonds is 7. The van der Waals surface area contributed by atoms with E-state index < -0.39 is 16.4 Å². The standard InChI is InChI=1S/C18H29NO3S.C2H6/c1-14(2)9-10-19-11-15(18(3,20)13-19)12-22-16-5-7-17(8-6-16)23(4)21;1-2/h5-8,14-15,20H,9-13H2,1-4H3;1-2H3. The Morgan fingerprint density at radius 3 is 2.44 bits per heavy atom. The largest absolute Gasteiger partial charge is 0.493 e. The second-order valence-corrected chi connectivity index (χ2v) is 8.59. The van der Waals surface area contributed by atoms with Gasteiger partial charge < -0.3 is 9.84 Å². The van der Waals surface area contributed by atoms with Gasteiger partial charge in [0.1, 0.15) is 5.75 Å². The average molecular weight is 370 g/mol. The lowest BCUT2D eigenvalue weighted by Crippen LogP contribution is -2.37. The molecule has 1 aromatic carbocycles. The zero-order chi connectivity index (χ0) is 19.0. The minimum Gasteiger partial charge on any atom is -0.493 e. The Bertz CT molecular complexity index is 528. The van der Waals surface area contributed by atoms with Crippen molar-refractivity contribution in [1.82, 2.24) is 4.90 Å². The van der Waals surface area contributed by atoms with E-state index in [9.17, 15) is 9.32 Å². The molecule has 0 radical (unpaired) electrons. The van der Waals surface area contributed by atoms with Crippen molar-refractivity contribution in [3.63, 3.8) is 0 Å². The highest BCUT2D eigenvalue weighted by atomic mass is 32.2. The second-order valence-electron chi connectivity index (χ2n) is 7.21. The Kier molecular flexibility index (Phi) is 9.11. The molecule has 1 aliphatic heterocycles. The molecule has 1 fully saturated rings. The molecule has 1 N–H and O–H groups in total. The Hall–Kier alpha value is -0.910. The molecule has 25 heavy (non-hydrogen) atoms. The molecule has 1 aliphatic rings. The van der Waals surface area contributed by atoms with Crippen LogP contribution in [-0.4, -0.2) is 52.3 Å². The third kappa shape index (κ3) is 7.08. The van der Waals surface area contributed by atoms with E-state index in [1.165, 1.54) is 0 Å². The van der Waals surface area contributed by atoms with E-state index >= 15 is 0 Å². The van der Waals surface area contributed by atoms with Gasteiger partial charge in [-0.1, -0.05) is 27.7 Å². The van der Waals surface area contributed by atoms with E-state index in [-0.39, 0.29) is 5.92 Å². The van der Waals surface area contributed by atoms with Gasteiger partial charge in [-0.3, -0.25) is 9.11 Å². The molecule has 1 heterocycles. The van der Waals surface area contributed by atoms with Crippen LogP contribution in [0.1, 0.15) is 41.0 Å². The molecular formula is C20H35NO3S. The van der Waals surface area contributed by atoms with E-state index in [1.54, 1.807) is 6.26 Å². The Balaban J connectivity index is 0.00000151. The summed E-state index contributed by atoms with van der Waals surface area (Å²) < 4.78 is 17.2. The number of ether oxygens (including phenoxy) is 1. The lowest BCUT2D eigenvalue weighted by atomic mass is 9.94. The van der Waals surface area contributed by atoms with E-state index in [2.05, 4.69) is 18.7 Å². The number of hydrogen-bond donors (Lipinski definition) is 1. The highest BCUT2D eigenvalue weighted by molar-refractivity contribution is 7.84. The normalized spacial score (nSPS) is 24.7. The molecule has 1 aromatic rings. The summed E-state index contributed by atoms with van der Waals surface area (Å²) in [6, 6.07) is 7.34. The maximum atomic E-state index is 11.4. The van der Waals surface area contributed by atoms with Gasteiger partial charge in [0.15, 0.2) is 0 Å². The van der Waals surface area contributed by atoms with E-state index in [4.69, 9.17) is 4.74 Å². The summed E-state index contributed by atoms with van der Waals surface area (Å²) in [5.74, 6) is 1.54. The van der Waals surface area contributed by atoms with Gasteiger partial charge in [-0.2, -0.15) is 0 Å². The molecule has 0 spiro atoms. The summed E-state index contributed by atoms with van der Waals surface area (Å²) >= 11 is 0. The third-order valence-corrected chi connectivity index (χ3v) is 5.47. The van der Waals surface area contributed by atoms with Crippen molar-refractivity contribution in [1.29, 1.82) is 0 Å². The molecular weight excluding hydrogens is 334 g/mol. The smallest absolute Gasteiger partial charge is 0.119 e. The number of nitrogens with zero attached hydrogens (tertiary/aromatic N) is 1. The fourth-order valence-corrected chi connectivity index (χ4v) is 3.44. The molecule has 0 bridgehead atoms. The van der Waals surface area contributed by atoms with Crippen molar-refractivity contribution >= 4 is 10.8 Å². The fraction of sp³-hybridized carbons (Fsp3) is 0.700. The van der Waals surface area contributed by atoms with Gasteiger partial charge in [0, 0.05) is 41.0 Å². The molecule has 5 heteroatoms. The Morgan fingerprint density at radius 1 is 1.32 bits per heavy atom. The predicted molar refractivity (Wildman–Crippen MR) is 106 cm³/mol. The second kappa shape index (κ2) is 10.3. The molecule has 144 valence electrons. The quantitative estimate of drug-likeness (QED) is 0.798. The summed E-state index contributed by atoms with van der Waals surface area (Å²) in [5.41, 5.74) is -0.707. The molecule has 1 saturated heterocycles. The number of hydrogen-bond acceptors (Lipinski definition) is 4. The highest BCUT2D eigenvalue weighted by Gasteiger charge is 2.41. The summed E-state index contributed by atoms with van der Waals surface area (Å²) in [6.45, 7) is 13.5. The maximum absolute atomic E-state index is 11.4. The Morgan fingerprint density at radius 2 is 1.92 bits per heavy atom. The van der Waals surface area contributed by atoms with E-state index in [0.29, 0.717) is 19.1 Å². The monoisotopic (exact) mass is 369 g/mol. The van der Waals surface area contributed by atoms with Crippen molar-refractivity contribution in [2.75, 3.05) is 32.5 Å². The summed E-state index contributed by atoms with van der Waals surface area (Å²) in [5, 5.41) is 10.6. The Labute approximate surface area is 156 Å². The first-order valence-electron chi connectivity index (χ1n) is 9.29. The molecule has 0 saturated carbocycles. The zero-order valence-corrected chi connectivity index (χ0v) is 17.4. The molecule has 0 amide bonds. The molecule has 3 unspecified atom stereocenters. The third-order valence-electron chi connectivity index (χ3n) is 4.53. The van der Waals surface area contributed by atoms with Crippen molar-refractivity contribution < 1.29 is 14.1 Å². The van der Waals surface area contributed by atoms with Crippen LogP contribution in [0.3, 0.4) is 0 Å². The van der Waals surface area contributed by atoms with Crippen LogP contribution in [-0.2, 0) is 10.8 Å². The molecule has 4 nitrogen and oxygen atoms in total. The first-order chi connectivity index (χ1) is 11.8. The van der Waals surface area contributed by atoms with Crippen LogP contribution in [0.15, 0.2) is 29.2 Å². The van der Waals surface area contributed by atoms with Crippen molar-refractivity contribution in [2.24, 2.45) is 11.8 Å². The fourth-order valence-electron chi connectivity index (χ4n) is 2.92. The molecule has 0 aliphatic carbocycles. The number of β-amino-alcohol motifs (C(OH)–C–C–N with tert-alkyl or cyclic N) is 1. The summed E-state index contributed by atoms with van der Waals surface area (Å²) in [7, 11) is -0.969. The van der Waals surface area contributed by atoms with Crippen molar-refractivity contribution in [3.8, 4) is 5.75 Å². The molecule has 2 rings (SSSR count). The SMILES string of the molecule is CC.CC(C)CCN1CC(COc2ccc(S(C)=O)cc2)C(C)(O)C1. The van der Waals surface area contributed by atoms with Gasteiger partial charge in [-0.25, -0.2) is 0 Å². The van der Waals surface area contributed by atoms with Crippen LogP contribution in [0.5, 0.6) is 5.75 Å². The maximum Gasteiger partial charge on any atom is 0.119 e. The lowest BCUT2D eigenvalue weighted by Gasteiger charge is -2.24. The van der Waals surface area contributed by atoms with Crippen LogP contribution in [0, 0.1) is 11.8 Å². The highest BCUT2D eigenvalue weighted by Crippen LogP contribution is 2.28. The van der Waals surface area contributed by atoms with Crippen LogP contribution in [0.2, 0.25) is 0 Å². The van der Waals surface area contributed by atoms with E-state index in [0.717, 1.165) is 30.2 Å². The van der Waals surface area contributed by atoms with Crippen LogP contribution in [0.4, 0.5) is 0 Å². The van der Waals surface area contributed by atoms with Crippen molar-refractivity contribution in [2.45, 2.75) is 51.5 Å². The first kappa shape index (κ1) is 22.1. The van der Waals surface area contributed by atoms with Crippen LogP contribution in [0.25, 0.3) is 0 Å². The summed E-state index contributed by atoms with van der Waals surface area (Å²) in [4.78, 5) is 3.13. The van der Waals surface area contributed by atoms with Crippen molar-refractivity contribution in [3.05, 3.63) is 24.3 Å².